The van der Waals surface area contributed by atoms with Crippen molar-refractivity contribution < 1.29 is 95.5 Å². The minimum atomic E-state index is -7.21. The van der Waals surface area contributed by atoms with Gasteiger partial charge in [0.1, 0.15) is 11.4 Å². The van der Waals surface area contributed by atoms with E-state index in [1.165, 1.54) is 52.0 Å². The zero-order valence-corrected chi connectivity index (χ0v) is 23.5. The van der Waals surface area contributed by atoms with Crippen LogP contribution in [0.4, 0.5) is 57.1 Å². The van der Waals surface area contributed by atoms with Gasteiger partial charge in [0.05, 0.1) is 11.8 Å². The Bertz CT molecular complexity index is 1170. The molecule has 0 bridgehead atoms. The van der Waals surface area contributed by atoms with Crippen molar-refractivity contribution in [1.82, 2.24) is 0 Å². The van der Waals surface area contributed by atoms with Gasteiger partial charge in [-0.3, -0.25) is 9.59 Å². The monoisotopic (exact) mass is 688 g/mol. The number of carbonyl (C=O) groups is 2. The van der Waals surface area contributed by atoms with Crippen LogP contribution in [-0.2, 0) is 33.3 Å². The third kappa shape index (κ3) is 11.3. The van der Waals surface area contributed by atoms with Gasteiger partial charge in [-0.15, -0.1) is 13.2 Å². The van der Waals surface area contributed by atoms with Crippen molar-refractivity contribution in [2.24, 2.45) is 11.8 Å². The van der Waals surface area contributed by atoms with E-state index >= 15 is 0 Å². The fraction of sp³-hybridized carbons (Fsp3) is 0.667. The van der Waals surface area contributed by atoms with Gasteiger partial charge in [0.2, 0.25) is 0 Å². The lowest BCUT2D eigenvalue weighted by Gasteiger charge is -2.33. The highest BCUT2D eigenvalue weighted by atomic mass is 19.4. The Morgan fingerprint density at radius 3 is 1.53 bits per heavy atom. The van der Waals surface area contributed by atoms with E-state index in [1.807, 2.05) is 0 Å². The Labute approximate surface area is 245 Å². The molecule has 0 aliphatic heterocycles. The Morgan fingerprint density at radius 2 is 1.11 bits per heavy atom. The summed E-state index contributed by atoms with van der Waals surface area (Å²) >= 11 is 0. The second-order valence-electron chi connectivity index (χ2n) is 10.3. The van der Waals surface area contributed by atoms with Gasteiger partial charge in [0.15, 0.2) is 6.61 Å². The molecule has 0 fully saturated rings. The van der Waals surface area contributed by atoms with Gasteiger partial charge in [0, 0.05) is 0 Å². The summed E-state index contributed by atoms with van der Waals surface area (Å²) in [6, 6.07) is 5.02. The molecular formula is C24H25F13O8. The minimum Gasteiger partial charge on any atom is -0.508 e. The van der Waals surface area contributed by atoms with E-state index in [-0.39, 0.29) is 5.75 Å². The number of hydrogen-bond donors (Lipinski definition) is 1. The van der Waals surface area contributed by atoms with Crippen molar-refractivity contribution in [2.45, 2.75) is 83.0 Å². The van der Waals surface area contributed by atoms with Crippen molar-refractivity contribution in [3.05, 3.63) is 29.8 Å². The highest BCUT2D eigenvalue weighted by Gasteiger charge is 2.74. The van der Waals surface area contributed by atoms with Gasteiger partial charge in [-0.1, -0.05) is 26.0 Å². The number of aromatic hydroxyl groups is 1. The van der Waals surface area contributed by atoms with Crippen LogP contribution >= 0.6 is 0 Å². The van der Waals surface area contributed by atoms with E-state index in [4.69, 9.17) is 4.74 Å². The molecule has 0 aliphatic rings. The van der Waals surface area contributed by atoms with Gasteiger partial charge in [-0.05, 0) is 44.4 Å². The lowest BCUT2D eigenvalue weighted by atomic mass is 9.79. The Hall–Kier alpha value is -3.07. The van der Waals surface area contributed by atoms with Crippen LogP contribution in [0.5, 0.6) is 5.75 Å². The second-order valence-corrected chi connectivity index (χ2v) is 10.3. The minimum absolute atomic E-state index is 0.200. The molecule has 0 heterocycles. The molecule has 1 rings (SSSR count). The Kier molecular flexibility index (Phi) is 11.8. The van der Waals surface area contributed by atoms with Gasteiger partial charge in [-0.2, -0.15) is 43.9 Å². The number of ether oxygens (including phenoxy) is 5. The van der Waals surface area contributed by atoms with Crippen LogP contribution in [0.3, 0.4) is 0 Å². The summed E-state index contributed by atoms with van der Waals surface area (Å²) in [5, 5.41) is 9.47. The van der Waals surface area contributed by atoms with Crippen molar-refractivity contribution >= 4 is 11.9 Å². The quantitative estimate of drug-likeness (QED) is 0.162. The highest BCUT2D eigenvalue weighted by Crippen LogP contribution is 2.48. The topological polar surface area (TPSA) is 101 Å². The smallest absolute Gasteiger partial charge is 0.508 e. The van der Waals surface area contributed by atoms with Gasteiger partial charge in [-0.25, -0.2) is 14.2 Å². The van der Waals surface area contributed by atoms with Crippen LogP contribution in [-0.4, -0.2) is 66.2 Å². The second kappa shape index (κ2) is 13.3. The number of esters is 2. The summed E-state index contributed by atoms with van der Waals surface area (Å²) in [5.74, 6) is -7.35. The van der Waals surface area contributed by atoms with E-state index in [0.29, 0.717) is 5.56 Å². The molecular weight excluding hydrogens is 663 g/mol. The number of benzene rings is 1. The van der Waals surface area contributed by atoms with E-state index in [1.54, 1.807) is 9.47 Å². The molecule has 1 N–H and O–H groups in total. The fourth-order valence-corrected chi connectivity index (χ4v) is 3.39. The summed E-state index contributed by atoms with van der Waals surface area (Å²) in [6.07, 6.45) is -40.8. The van der Waals surface area contributed by atoms with Crippen LogP contribution in [0.2, 0.25) is 0 Å². The molecule has 3 atom stereocenters. The largest absolute Gasteiger partial charge is 0.527 e. The van der Waals surface area contributed by atoms with E-state index in [0.717, 1.165) is 6.92 Å². The average Bonchev–Trinajstić information content (AvgIpc) is 2.78. The van der Waals surface area contributed by atoms with Gasteiger partial charge < -0.3 is 14.6 Å². The summed E-state index contributed by atoms with van der Waals surface area (Å²) in [7, 11) is 0. The summed E-state index contributed by atoms with van der Waals surface area (Å²) in [6.45, 7) is 3.91. The first-order valence-corrected chi connectivity index (χ1v) is 12.1. The first-order chi connectivity index (χ1) is 19.8. The van der Waals surface area contributed by atoms with Crippen LogP contribution in [0.15, 0.2) is 24.3 Å². The first-order valence-electron chi connectivity index (χ1n) is 12.1. The maximum Gasteiger partial charge on any atom is 0.527 e. The lowest BCUT2D eigenvalue weighted by Crippen LogP contribution is -2.57. The molecule has 1 aromatic carbocycles. The summed E-state index contributed by atoms with van der Waals surface area (Å²) in [5.41, 5.74) is -0.866. The van der Waals surface area contributed by atoms with Crippen molar-refractivity contribution in [2.75, 3.05) is 6.61 Å². The third-order valence-electron chi connectivity index (χ3n) is 5.38. The molecule has 0 amide bonds. The predicted molar refractivity (Wildman–Crippen MR) is 120 cm³/mol. The molecule has 8 nitrogen and oxygen atoms in total. The number of phenolic OH excluding ortho intramolecular Hbond substituents is 1. The zero-order valence-electron chi connectivity index (χ0n) is 23.5. The molecule has 0 spiro atoms. The number of phenols is 1. The van der Waals surface area contributed by atoms with Crippen LogP contribution < -0.4 is 0 Å². The standard InChI is InChI=1S/C24H25F13O8/c1-11(13-6-8-14(38)9-7-13)15(17(40)42-18(3,4)5)12(2)16(39)41-10-19(25,26)43-20(27,28)21(29,30)44-22(31,32)23(33,34)45-24(35,36)37/h6-9,11-12,15,38H,10H2,1-5H3. The van der Waals surface area contributed by atoms with Crippen LogP contribution in [0.25, 0.3) is 0 Å². The molecule has 0 aliphatic carbocycles. The van der Waals surface area contributed by atoms with E-state index in [9.17, 15) is 71.8 Å². The summed E-state index contributed by atoms with van der Waals surface area (Å²) < 4.78 is 186. The van der Waals surface area contributed by atoms with Gasteiger partial charge in [0.25, 0.3) is 0 Å². The number of hydrogen-bond acceptors (Lipinski definition) is 8. The van der Waals surface area contributed by atoms with Crippen molar-refractivity contribution in [1.29, 1.82) is 0 Å². The maximum atomic E-state index is 14.0. The van der Waals surface area contributed by atoms with Crippen LogP contribution in [0.1, 0.15) is 46.1 Å². The average molecular weight is 688 g/mol. The highest BCUT2D eigenvalue weighted by molar-refractivity contribution is 5.83. The van der Waals surface area contributed by atoms with Gasteiger partial charge >= 0.3 is 48.8 Å². The maximum absolute atomic E-state index is 14.0. The predicted octanol–water partition coefficient (Wildman–Crippen LogP) is 7.17. The Balaban J connectivity index is 3.13. The SMILES string of the molecule is CC(C(=O)OCC(F)(F)OC(F)(F)C(F)(F)OC(F)(F)C(F)(F)OC(F)(F)F)C(C(=O)OC(C)(C)C)C(C)c1ccc(O)cc1. The Morgan fingerprint density at radius 1 is 0.689 bits per heavy atom. The molecule has 1 aromatic rings. The van der Waals surface area contributed by atoms with Crippen molar-refractivity contribution in [3.63, 3.8) is 0 Å². The number of alkyl halides is 13. The zero-order chi connectivity index (χ0) is 35.6. The van der Waals surface area contributed by atoms with Crippen molar-refractivity contribution in [3.8, 4) is 5.75 Å². The van der Waals surface area contributed by atoms with E-state index in [2.05, 4.69) is 9.47 Å². The number of rotatable bonds is 14. The normalized spacial score (nSPS) is 16.1. The molecule has 0 saturated carbocycles. The van der Waals surface area contributed by atoms with Crippen LogP contribution in [0, 0.1) is 11.8 Å². The van der Waals surface area contributed by atoms with E-state index < -0.39 is 78.8 Å². The fourth-order valence-electron chi connectivity index (χ4n) is 3.39. The molecule has 0 saturated heterocycles. The number of halogens is 13. The molecule has 21 heteroatoms. The molecule has 260 valence electrons. The molecule has 0 radical (unpaired) electrons. The molecule has 45 heavy (non-hydrogen) atoms. The number of carbonyl (C=O) groups excluding carboxylic acids is 2. The first kappa shape index (κ1) is 40.0. The summed E-state index contributed by atoms with van der Waals surface area (Å²) in [4.78, 5) is 25.5. The molecule has 0 aromatic heterocycles. The lowest BCUT2D eigenvalue weighted by molar-refractivity contribution is -0.564. The molecule has 3 unspecified atom stereocenters. The third-order valence-corrected chi connectivity index (χ3v) is 5.38.